The average molecular weight is 296 g/mol. The monoisotopic (exact) mass is 296 g/mol. The number of aryl methyl sites for hydroxylation is 1. The minimum absolute atomic E-state index is 0.00681. The van der Waals surface area contributed by atoms with Crippen LogP contribution in [0.1, 0.15) is 28.8 Å². The number of amides is 1. The SMILES string of the molecule is COc1cc(C(=O)N2CCCCc3ccccc32)ccc1N. The van der Waals surface area contributed by atoms with Gasteiger partial charge in [-0.25, -0.2) is 0 Å². The smallest absolute Gasteiger partial charge is 0.258 e. The van der Waals surface area contributed by atoms with Gasteiger partial charge in [0, 0.05) is 17.8 Å². The van der Waals surface area contributed by atoms with Crippen LogP contribution in [0.4, 0.5) is 11.4 Å². The van der Waals surface area contributed by atoms with Crippen molar-refractivity contribution >= 4 is 17.3 Å². The lowest BCUT2D eigenvalue weighted by Crippen LogP contribution is -2.31. The molecule has 2 aromatic rings. The molecular formula is C18H20N2O2. The van der Waals surface area contributed by atoms with E-state index in [0.29, 0.717) is 17.0 Å². The van der Waals surface area contributed by atoms with Gasteiger partial charge in [0.15, 0.2) is 0 Å². The van der Waals surface area contributed by atoms with Gasteiger partial charge < -0.3 is 15.4 Å². The molecule has 1 aliphatic rings. The second kappa shape index (κ2) is 6.10. The number of nitrogens with zero attached hydrogens (tertiary/aromatic N) is 1. The van der Waals surface area contributed by atoms with Crippen molar-refractivity contribution in [2.45, 2.75) is 19.3 Å². The van der Waals surface area contributed by atoms with Crippen LogP contribution in [-0.2, 0) is 6.42 Å². The zero-order chi connectivity index (χ0) is 15.5. The minimum Gasteiger partial charge on any atom is -0.495 e. The number of nitrogen functional groups attached to an aromatic ring is 1. The first-order chi connectivity index (χ1) is 10.7. The molecule has 0 aromatic heterocycles. The van der Waals surface area contributed by atoms with Crippen molar-refractivity contribution in [3.05, 3.63) is 53.6 Å². The molecule has 0 aliphatic carbocycles. The third kappa shape index (κ3) is 2.64. The Bertz CT molecular complexity index is 697. The zero-order valence-electron chi connectivity index (χ0n) is 12.7. The highest BCUT2D eigenvalue weighted by Gasteiger charge is 2.22. The van der Waals surface area contributed by atoms with Crippen LogP contribution in [0, 0.1) is 0 Å². The molecule has 2 N–H and O–H groups in total. The van der Waals surface area contributed by atoms with E-state index in [1.54, 1.807) is 25.3 Å². The summed E-state index contributed by atoms with van der Waals surface area (Å²) in [6.45, 7) is 0.739. The van der Waals surface area contributed by atoms with E-state index in [1.807, 2.05) is 23.1 Å². The molecule has 0 spiro atoms. The highest BCUT2D eigenvalue weighted by atomic mass is 16.5. The van der Waals surface area contributed by atoms with Gasteiger partial charge in [0.1, 0.15) is 5.75 Å². The van der Waals surface area contributed by atoms with Crippen molar-refractivity contribution in [1.82, 2.24) is 0 Å². The maximum absolute atomic E-state index is 12.9. The van der Waals surface area contributed by atoms with E-state index in [4.69, 9.17) is 10.5 Å². The number of methoxy groups -OCH3 is 1. The van der Waals surface area contributed by atoms with Gasteiger partial charge in [-0.2, -0.15) is 0 Å². The van der Waals surface area contributed by atoms with Crippen LogP contribution in [0.2, 0.25) is 0 Å². The van der Waals surface area contributed by atoms with E-state index >= 15 is 0 Å². The summed E-state index contributed by atoms with van der Waals surface area (Å²) in [5.41, 5.74) is 9.21. The topological polar surface area (TPSA) is 55.6 Å². The van der Waals surface area contributed by atoms with Crippen LogP contribution in [0.25, 0.3) is 0 Å². The van der Waals surface area contributed by atoms with E-state index in [1.165, 1.54) is 5.56 Å². The Labute approximate surface area is 130 Å². The van der Waals surface area contributed by atoms with E-state index in [0.717, 1.165) is 31.5 Å². The molecule has 3 rings (SSSR count). The highest BCUT2D eigenvalue weighted by molar-refractivity contribution is 6.07. The summed E-state index contributed by atoms with van der Waals surface area (Å²) >= 11 is 0. The first-order valence-corrected chi connectivity index (χ1v) is 7.54. The summed E-state index contributed by atoms with van der Waals surface area (Å²) in [4.78, 5) is 14.8. The standard InChI is InChI=1S/C18H20N2O2/c1-22-17-12-14(9-10-15(17)19)18(21)20-11-5-4-7-13-6-2-3-8-16(13)20/h2-3,6,8-10,12H,4-5,7,11,19H2,1H3. The van der Waals surface area contributed by atoms with E-state index in [-0.39, 0.29) is 5.91 Å². The number of nitrogens with two attached hydrogens (primary N) is 1. The van der Waals surface area contributed by atoms with Crippen LogP contribution in [0.5, 0.6) is 5.75 Å². The number of rotatable bonds is 2. The highest BCUT2D eigenvalue weighted by Crippen LogP contribution is 2.29. The van der Waals surface area contributed by atoms with Crippen LogP contribution >= 0.6 is 0 Å². The number of benzene rings is 2. The van der Waals surface area contributed by atoms with Crippen molar-refractivity contribution in [1.29, 1.82) is 0 Å². The Hall–Kier alpha value is -2.49. The summed E-state index contributed by atoms with van der Waals surface area (Å²) in [6, 6.07) is 13.3. The largest absolute Gasteiger partial charge is 0.495 e. The number of carbonyl (C=O) groups excluding carboxylic acids is 1. The predicted octanol–water partition coefficient (Wildman–Crippen LogP) is 3.26. The van der Waals surface area contributed by atoms with Gasteiger partial charge in [0.05, 0.1) is 12.8 Å². The van der Waals surface area contributed by atoms with Crippen molar-refractivity contribution in [2.24, 2.45) is 0 Å². The Morgan fingerprint density at radius 3 is 2.82 bits per heavy atom. The maximum Gasteiger partial charge on any atom is 0.258 e. The molecule has 0 fully saturated rings. The molecule has 0 bridgehead atoms. The Morgan fingerprint density at radius 1 is 1.18 bits per heavy atom. The number of carbonyl (C=O) groups is 1. The molecule has 0 saturated heterocycles. The molecule has 0 radical (unpaired) electrons. The Morgan fingerprint density at radius 2 is 2.00 bits per heavy atom. The molecule has 4 heteroatoms. The predicted molar refractivity (Wildman–Crippen MR) is 88.5 cm³/mol. The molecule has 4 nitrogen and oxygen atoms in total. The summed E-state index contributed by atoms with van der Waals surface area (Å²) in [6.07, 6.45) is 3.13. The van der Waals surface area contributed by atoms with E-state index in [2.05, 4.69) is 6.07 Å². The van der Waals surface area contributed by atoms with Gasteiger partial charge in [-0.1, -0.05) is 18.2 Å². The van der Waals surface area contributed by atoms with Crippen LogP contribution in [0.3, 0.4) is 0 Å². The summed E-state index contributed by atoms with van der Waals surface area (Å²) in [5, 5.41) is 0. The number of hydrogen-bond donors (Lipinski definition) is 1. The summed E-state index contributed by atoms with van der Waals surface area (Å²) in [5.74, 6) is 0.529. The normalized spacial score (nSPS) is 14.1. The van der Waals surface area contributed by atoms with Gasteiger partial charge in [0.25, 0.3) is 5.91 Å². The second-order valence-corrected chi connectivity index (χ2v) is 5.50. The van der Waals surface area contributed by atoms with E-state index in [9.17, 15) is 4.79 Å². The van der Waals surface area contributed by atoms with Crippen LogP contribution in [-0.4, -0.2) is 19.6 Å². The number of hydrogen-bond acceptors (Lipinski definition) is 3. The second-order valence-electron chi connectivity index (χ2n) is 5.50. The lowest BCUT2D eigenvalue weighted by Gasteiger charge is -2.23. The van der Waals surface area contributed by atoms with Crippen molar-refractivity contribution in [3.8, 4) is 5.75 Å². The Kier molecular flexibility index (Phi) is 4.00. The number of anilines is 2. The molecule has 0 atom stereocenters. The molecule has 1 aliphatic heterocycles. The number of ether oxygens (including phenoxy) is 1. The zero-order valence-corrected chi connectivity index (χ0v) is 12.7. The first-order valence-electron chi connectivity index (χ1n) is 7.54. The average Bonchev–Trinajstić information content (AvgIpc) is 2.77. The summed E-state index contributed by atoms with van der Waals surface area (Å²) in [7, 11) is 1.56. The van der Waals surface area contributed by atoms with Gasteiger partial charge in [-0.3, -0.25) is 4.79 Å². The fourth-order valence-electron chi connectivity index (χ4n) is 2.90. The summed E-state index contributed by atoms with van der Waals surface area (Å²) < 4.78 is 5.22. The fraction of sp³-hybridized carbons (Fsp3) is 0.278. The molecule has 0 saturated carbocycles. The van der Waals surface area contributed by atoms with Gasteiger partial charge >= 0.3 is 0 Å². The van der Waals surface area contributed by atoms with Gasteiger partial charge in [-0.15, -0.1) is 0 Å². The number of fused-ring (bicyclic) bond motifs is 1. The minimum atomic E-state index is -0.00681. The van der Waals surface area contributed by atoms with Crippen LogP contribution in [0.15, 0.2) is 42.5 Å². The maximum atomic E-state index is 12.9. The third-order valence-electron chi connectivity index (χ3n) is 4.09. The molecule has 2 aromatic carbocycles. The lowest BCUT2D eigenvalue weighted by molar-refractivity contribution is 0.0986. The third-order valence-corrected chi connectivity index (χ3v) is 4.09. The van der Waals surface area contributed by atoms with Crippen molar-refractivity contribution in [3.63, 3.8) is 0 Å². The van der Waals surface area contributed by atoms with Crippen molar-refractivity contribution in [2.75, 3.05) is 24.3 Å². The van der Waals surface area contributed by atoms with Crippen molar-refractivity contribution < 1.29 is 9.53 Å². The Balaban J connectivity index is 1.98. The molecule has 114 valence electrons. The van der Waals surface area contributed by atoms with Gasteiger partial charge in [0.2, 0.25) is 0 Å². The van der Waals surface area contributed by atoms with Crippen LogP contribution < -0.4 is 15.4 Å². The van der Waals surface area contributed by atoms with E-state index < -0.39 is 0 Å². The first kappa shape index (κ1) is 14.4. The molecule has 22 heavy (non-hydrogen) atoms. The number of para-hydroxylation sites is 1. The fourth-order valence-corrected chi connectivity index (χ4v) is 2.90. The molecular weight excluding hydrogens is 276 g/mol. The molecule has 0 unspecified atom stereocenters. The quantitative estimate of drug-likeness (QED) is 0.865. The lowest BCUT2D eigenvalue weighted by atomic mass is 10.1. The van der Waals surface area contributed by atoms with Gasteiger partial charge in [-0.05, 0) is 49.1 Å². The molecule has 1 heterocycles. The molecule has 1 amide bonds.